The first-order valence-electron chi connectivity index (χ1n) is 4.53. The van der Waals surface area contributed by atoms with Crippen molar-refractivity contribution in [3.05, 3.63) is 46.2 Å². The molecule has 0 bridgehead atoms. The van der Waals surface area contributed by atoms with Gasteiger partial charge in [0.05, 0.1) is 4.47 Å². The van der Waals surface area contributed by atoms with Gasteiger partial charge in [-0.25, -0.2) is 4.39 Å². The van der Waals surface area contributed by atoms with Crippen LogP contribution in [0.15, 0.2) is 34.8 Å². The molecule has 0 aliphatic heterocycles. The molecule has 0 saturated heterocycles. The molecule has 0 saturated carbocycles. The molecule has 0 aliphatic carbocycles. The monoisotopic (exact) mass is 257 g/mol. The Morgan fingerprint density at radius 3 is 2.86 bits per heavy atom. The van der Waals surface area contributed by atoms with E-state index in [1.807, 2.05) is 18.2 Å². The van der Waals surface area contributed by atoms with Crippen molar-refractivity contribution >= 4 is 15.9 Å². The Bertz CT molecular complexity index is 323. The molecule has 0 aromatic heterocycles. The van der Waals surface area contributed by atoms with Gasteiger partial charge in [0.25, 0.3) is 0 Å². The molecule has 2 N–H and O–H groups in total. The highest BCUT2D eigenvalue weighted by Crippen LogP contribution is 2.20. The van der Waals surface area contributed by atoms with Gasteiger partial charge in [-0.05, 0) is 46.9 Å². The van der Waals surface area contributed by atoms with Crippen LogP contribution in [0, 0.1) is 5.82 Å². The normalized spacial score (nSPS) is 11.1. The van der Waals surface area contributed by atoms with Crippen molar-refractivity contribution in [3.63, 3.8) is 0 Å². The minimum atomic E-state index is -0.213. The molecule has 0 amide bonds. The van der Waals surface area contributed by atoms with E-state index in [0.29, 0.717) is 11.0 Å². The van der Waals surface area contributed by atoms with Gasteiger partial charge in [-0.1, -0.05) is 24.3 Å². The summed E-state index contributed by atoms with van der Waals surface area (Å²) >= 11 is 3.22. The molecule has 1 rings (SSSR count). The number of halogens is 2. The van der Waals surface area contributed by atoms with Crippen LogP contribution in [0.5, 0.6) is 0 Å². The van der Waals surface area contributed by atoms with Crippen molar-refractivity contribution in [1.29, 1.82) is 0 Å². The number of rotatable bonds is 4. The van der Waals surface area contributed by atoms with Crippen molar-refractivity contribution in [2.45, 2.75) is 12.8 Å². The lowest BCUT2D eigenvalue weighted by Crippen LogP contribution is -1.95. The minimum Gasteiger partial charge on any atom is -0.330 e. The number of nitrogens with two attached hydrogens (primary N) is 1. The topological polar surface area (TPSA) is 26.0 Å². The molecule has 0 radical (unpaired) electrons. The smallest absolute Gasteiger partial charge is 0.137 e. The molecule has 0 unspecified atom stereocenters. The third kappa shape index (κ3) is 3.24. The van der Waals surface area contributed by atoms with Crippen LogP contribution in [0.25, 0.3) is 0 Å². The average Bonchev–Trinajstić information content (AvgIpc) is 2.19. The molecule has 76 valence electrons. The van der Waals surface area contributed by atoms with Gasteiger partial charge < -0.3 is 5.73 Å². The van der Waals surface area contributed by atoms with Crippen molar-refractivity contribution < 1.29 is 4.39 Å². The summed E-state index contributed by atoms with van der Waals surface area (Å²) in [6, 6.07) is 5.06. The predicted molar refractivity (Wildman–Crippen MR) is 60.6 cm³/mol. The highest BCUT2D eigenvalue weighted by molar-refractivity contribution is 9.10. The Morgan fingerprint density at radius 1 is 1.36 bits per heavy atom. The third-order valence-corrected chi connectivity index (χ3v) is 2.76. The molecule has 3 heteroatoms. The number of hydrogen-bond acceptors (Lipinski definition) is 1. The van der Waals surface area contributed by atoms with E-state index in [4.69, 9.17) is 5.73 Å². The van der Waals surface area contributed by atoms with Crippen LogP contribution in [-0.4, -0.2) is 6.54 Å². The van der Waals surface area contributed by atoms with Crippen LogP contribution in [0.1, 0.15) is 12.0 Å². The third-order valence-electron chi connectivity index (χ3n) is 1.87. The summed E-state index contributed by atoms with van der Waals surface area (Å²) in [4.78, 5) is 0. The standard InChI is InChI=1S/C11H13BrFN/c12-11-9(5-2-1-3-8-14)6-4-7-10(11)13/h1-2,4,6-7H,3,5,8,14H2/b2-1+. The second kappa shape index (κ2) is 5.94. The van der Waals surface area contributed by atoms with Crippen molar-refractivity contribution in [2.75, 3.05) is 6.54 Å². The molecule has 14 heavy (non-hydrogen) atoms. The first-order valence-corrected chi connectivity index (χ1v) is 5.33. The largest absolute Gasteiger partial charge is 0.330 e. The van der Waals surface area contributed by atoms with Crippen LogP contribution < -0.4 is 5.73 Å². The van der Waals surface area contributed by atoms with Gasteiger partial charge in [-0.3, -0.25) is 0 Å². The van der Waals surface area contributed by atoms with E-state index in [1.165, 1.54) is 6.07 Å². The lowest BCUT2D eigenvalue weighted by atomic mass is 10.1. The Labute approximate surface area is 91.9 Å². The summed E-state index contributed by atoms with van der Waals surface area (Å²) in [5.41, 5.74) is 6.30. The van der Waals surface area contributed by atoms with E-state index in [-0.39, 0.29) is 5.82 Å². The maximum atomic E-state index is 13.1. The van der Waals surface area contributed by atoms with E-state index in [2.05, 4.69) is 15.9 Å². The zero-order chi connectivity index (χ0) is 10.4. The minimum absolute atomic E-state index is 0.213. The maximum absolute atomic E-state index is 13.1. The molecule has 1 aromatic rings. The van der Waals surface area contributed by atoms with Crippen LogP contribution in [0.4, 0.5) is 4.39 Å². The molecule has 0 heterocycles. The van der Waals surface area contributed by atoms with Gasteiger partial charge in [-0.2, -0.15) is 0 Å². The molecule has 1 aromatic carbocycles. The fourth-order valence-electron chi connectivity index (χ4n) is 1.13. The first kappa shape index (κ1) is 11.4. The maximum Gasteiger partial charge on any atom is 0.137 e. The summed E-state index contributed by atoms with van der Waals surface area (Å²) < 4.78 is 13.6. The van der Waals surface area contributed by atoms with E-state index in [1.54, 1.807) is 6.07 Å². The first-order chi connectivity index (χ1) is 6.75. The molecule has 0 spiro atoms. The van der Waals surface area contributed by atoms with E-state index >= 15 is 0 Å². The number of allylic oxidation sites excluding steroid dienone is 1. The molecular formula is C11H13BrFN. The fraction of sp³-hybridized carbons (Fsp3) is 0.273. The van der Waals surface area contributed by atoms with E-state index in [9.17, 15) is 4.39 Å². The second-order valence-corrected chi connectivity index (χ2v) is 3.76. The van der Waals surface area contributed by atoms with Crippen LogP contribution >= 0.6 is 15.9 Å². The van der Waals surface area contributed by atoms with Gasteiger partial charge in [0.1, 0.15) is 5.82 Å². The van der Waals surface area contributed by atoms with Gasteiger partial charge in [0.2, 0.25) is 0 Å². The van der Waals surface area contributed by atoms with Crippen LogP contribution in [0.2, 0.25) is 0 Å². The summed E-state index contributed by atoms with van der Waals surface area (Å²) in [6.07, 6.45) is 5.62. The fourth-order valence-corrected chi connectivity index (χ4v) is 1.56. The van der Waals surface area contributed by atoms with E-state index in [0.717, 1.165) is 18.4 Å². The van der Waals surface area contributed by atoms with Gasteiger partial charge in [0.15, 0.2) is 0 Å². The molecule has 0 fully saturated rings. The van der Waals surface area contributed by atoms with Crippen molar-refractivity contribution in [1.82, 2.24) is 0 Å². The second-order valence-electron chi connectivity index (χ2n) is 2.97. The zero-order valence-electron chi connectivity index (χ0n) is 7.84. The molecular weight excluding hydrogens is 245 g/mol. The number of benzene rings is 1. The van der Waals surface area contributed by atoms with Gasteiger partial charge >= 0.3 is 0 Å². The van der Waals surface area contributed by atoms with Crippen molar-refractivity contribution in [3.8, 4) is 0 Å². The highest BCUT2D eigenvalue weighted by atomic mass is 79.9. The Morgan fingerprint density at radius 2 is 2.14 bits per heavy atom. The average molecular weight is 258 g/mol. The van der Waals surface area contributed by atoms with Crippen LogP contribution in [0.3, 0.4) is 0 Å². The molecule has 0 aliphatic rings. The van der Waals surface area contributed by atoms with E-state index < -0.39 is 0 Å². The quantitative estimate of drug-likeness (QED) is 0.825. The highest BCUT2D eigenvalue weighted by Gasteiger charge is 2.02. The molecule has 1 nitrogen and oxygen atoms in total. The summed E-state index contributed by atoms with van der Waals surface area (Å²) in [6.45, 7) is 0.654. The molecule has 0 atom stereocenters. The number of hydrogen-bond donors (Lipinski definition) is 1. The zero-order valence-corrected chi connectivity index (χ0v) is 9.43. The van der Waals surface area contributed by atoms with Crippen molar-refractivity contribution in [2.24, 2.45) is 5.73 Å². The van der Waals surface area contributed by atoms with Crippen LogP contribution in [-0.2, 0) is 6.42 Å². The lowest BCUT2D eigenvalue weighted by molar-refractivity contribution is 0.619. The summed E-state index contributed by atoms with van der Waals surface area (Å²) in [7, 11) is 0. The predicted octanol–water partition coefficient (Wildman–Crippen LogP) is 3.04. The lowest BCUT2D eigenvalue weighted by Gasteiger charge is -2.01. The van der Waals surface area contributed by atoms with Gasteiger partial charge in [-0.15, -0.1) is 0 Å². The Hall–Kier alpha value is -0.670. The summed E-state index contributed by atoms with van der Waals surface area (Å²) in [5, 5.41) is 0. The van der Waals surface area contributed by atoms with Gasteiger partial charge in [0, 0.05) is 0 Å². The Kier molecular flexibility index (Phi) is 4.84. The Balaban J connectivity index is 2.63. The summed E-state index contributed by atoms with van der Waals surface area (Å²) in [5.74, 6) is -0.213. The SMILES string of the molecule is NCC/C=C/Cc1cccc(F)c1Br.